The average Bonchev–Trinajstić information content (AvgIpc) is 2.31. The van der Waals surface area contributed by atoms with Gasteiger partial charge in [0, 0.05) is 30.1 Å². The van der Waals surface area contributed by atoms with E-state index in [0.717, 1.165) is 24.1 Å². The fourth-order valence-electron chi connectivity index (χ4n) is 2.28. The zero-order valence-electron chi connectivity index (χ0n) is 11.1. The molecule has 1 N–H and O–H groups in total. The highest BCUT2D eigenvalue weighted by molar-refractivity contribution is 9.10. The zero-order chi connectivity index (χ0) is 13.3. The van der Waals surface area contributed by atoms with Crippen LogP contribution >= 0.6 is 15.9 Å². The molecule has 1 saturated heterocycles. The topological polar surface area (TPSA) is 15.3 Å². The van der Waals surface area contributed by atoms with Crippen LogP contribution in [-0.2, 0) is 0 Å². The Morgan fingerprint density at radius 2 is 2.11 bits per heavy atom. The van der Waals surface area contributed by atoms with Crippen LogP contribution < -0.4 is 10.2 Å². The fourth-order valence-corrected chi connectivity index (χ4v) is 2.63. The molecule has 1 aromatic carbocycles. The van der Waals surface area contributed by atoms with Crippen LogP contribution in [0.5, 0.6) is 0 Å². The van der Waals surface area contributed by atoms with Crippen molar-refractivity contribution in [2.24, 2.45) is 5.41 Å². The van der Waals surface area contributed by atoms with Crippen LogP contribution in [0.2, 0.25) is 0 Å². The van der Waals surface area contributed by atoms with Gasteiger partial charge in [-0.05, 0) is 23.6 Å². The molecule has 0 bridgehead atoms. The highest BCUT2D eigenvalue weighted by Gasteiger charge is 2.30. The minimum Gasteiger partial charge on any atom is -0.366 e. The lowest BCUT2D eigenvalue weighted by Gasteiger charge is -2.41. The summed E-state index contributed by atoms with van der Waals surface area (Å²) in [4.78, 5) is 2.13. The molecule has 1 aromatic rings. The maximum absolute atomic E-state index is 13.9. The molecule has 2 nitrogen and oxygen atoms in total. The monoisotopic (exact) mass is 314 g/mol. The number of rotatable bonds is 1. The Labute approximate surface area is 117 Å². The van der Waals surface area contributed by atoms with Gasteiger partial charge < -0.3 is 10.2 Å². The molecule has 1 aliphatic rings. The van der Waals surface area contributed by atoms with E-state index in [1.54, 1.807) is 6.07 Å². The van der Waals surface area contributed by atoms with E-state index in [0.29, 0.717) is 11.7 Å². The van der Waals surface area contributed by atoms with Crippen molar-refractivity contribution in [2.75, 3.05) is 24.5 Å². The second kappa shape index (κ2) is 5.17. The summed E-state index contributed by atoms with van der Waals surface area (Å²) < 4.78 is 14.8. The molecular weight excluding hydrogens is 295 g/mol. The van der Waals surface area contributed by atoms with E-state index in [4.69, 9.17) is 0 Å². The third-order valence-corrected chi connectivity index (χ3v) is 3.96. The molecule has 4 heteroatoms. The van der Waals surface area contributed by atoms with Gasteiger partial charge in [-0.1, -0.05) is 36.7 Å². The lowest BCUT2D eigenvalue weighted by Crippen LogP contribution is -2.56. The number of hydrogen-bond donors (Lipinski definition) is 1. The highest BCUT2D eigenvalue weighted by atomic mass is 79.9. The first kappa shape index (κ1) is 13.8. The molecule has 1 unspecified atom stereocenters. The van der Waals surface area contributed by atoms with Crippen molar-refractivity contribution >= 4 is 21.6 Å². The Bertz CT molecular complexity index is 428. The summed E-state index contributed by atoms with van der Waals surface area (Å²) in [5.74, 6) is -0.146. The summed E-state index contributed by atoms with van der Waals surface area (Å²) in [7, 11) is 0. The van der Waals surface area contributed by atoms with Gasteiger partial charge in [0.25, 0.3) is 0 Å². The van der Waals surface area contributed by atoms with Crippen LogP contribution in [0.25, 0.3) is 0 Å². The van der Waals surface area contributed by atoms with Gasteiger partial charge in [0.1, 0.15) is 5.82 Å². The zero-order valence-corrected chi connectivity index (χ0v) is 12.7. The quantitative estimate of drug-likeness (QED) is 0.854. The first-order chi connectivity index (χ1) is 8.38. The molecule has 0 spiro atoms. The number of piperazine rings is 1. The van der Waals surface area contributed by atoms with Crippen molar-refractivity contribution in [1.82, 2.24) is 5.32 Å². The standard InChI is InChI=1S/C14H20BrFN2/c1-14(2,3)13-9-18(7-6-17-13)12-8-10(15)4-5-11(12)16/h4-5,8,13,17H,6-7,9H2,1-3H3. The second-order valence-electron chi connectivity index (χ2n) is 5.91. The van der Waals surface area contributed by atoms with Crippen LogP contribution in [-0.4, -0.2) is 25.7 Å². The van der Waals surface area contributed by atoms with Crippen molar-refractivity contribution in [3.8, 4) is 0 Å². The molecule has 0 aromatic heterocycles. The smallest absolute Gasteiger partial charge is 0.146 e. The Morgan fingerprint density at radius 1 is 1.39 bits per heavy atom. The van der Waals surface area contributed by atoms with E-state index >= 15 is 0 Å². The molecule has 0 aliphatic carbocycles. The number of anilines is 1. The third-order valence-electron chi connectivity index (χ3n) is 3.47. The van der Waals surface area contributed by atoms with E-state index in [1.165, 1.54) is 6.07 Å². The summed E-state index contributed by atoms with van der Waals surface area (Å²) in [5.41, 5.74) is 0.876. The molecule has 1 aliphatic heterocycles. The first-order valence-corrected chi connectivity index (χ1v) is 7.10. The maximum atomic E-state index is 13.9. The molecule has 1 heterocycles. The maximum Gasteiger partial charge on any atom is 0.146 e. The lowest BCUT2D eigenvalue weighted by molar-refractivity contribution is 0.253. The van der Waals surface area contributed by atoms with Crippen molar-refractivity contribution in [3.63, 3.8) is 0 Å². The second-order valence-corrected chi connectivity index (χ2v) is 6.83. The first-order valence-electron chi connectivity index (χ1n) is 6.31. The molecule has 1 atom stereocenters. The summed E-state index contributed by atoms with van der Waals surface area (Å²) in [6.45, 7) is 9.23. The average molecular weight is 315 g/mol. The molecule has 18 heavy (non-hydrogen) atoms. The van der Waals surface area contributed by atoms with Crippen LogP contribution in [0.1, 0.15) is 20.8 Å². The van der Waals surface area contributed by atoms with Crippen LogP contribution in [0.4, 0.5) is 10.1 Å². The van der Waals surface area contributed by atoms with Crippen LogP contribution in [0, 0.1) is 11.2 Å². The van der Waals surface area contributed by atoms with E-state index < -0.39 is 0 Å². The van der Waals surface area contributed by atoms with E-state index in [2.05, 4.69) is 46.9 Å². The summed E-state index contributed by atoms with van der Waals surface area (Å²) >= 11 is 3.41. The minimum absolute atomic E-state index is 0.146. The molecule has 1 fully saturated rings. The van der Waals surface area contributed by atoms with Crippen LogP contribution in [0.3, 0.4) is 0 Å². The van der Waals surface area contributed by atoms with Gasteiger partial charge in [0.05, 0.1) is 5.69 Å². The Balaban J connectivity index is 2.21. The summed E-state index contributed by atoms with van der Waals surface area (Å²) in [5, 5.41) is 3.52. The van der Waals surface area contributed by atoms with Gasteiger partial charge in [-0.3, -0.25) is 0 Å². The molecule has 100 valence electrons. The summed E-state index contributed by atoms with van der Waals surface area (Å²) in [6, 6.07) is 5.50. The van der Waals surface area contributed by atoms with Gasteiger partial charge in [0.15, 0.2) is 0 Å². The Kier molecular flexibility index (Phi) is 3.97. The van der Waals surface area contributed by atoms with Crippen molar-refractivity contribution in [3.05, 3.63) is 28.5 Å². The van der Waals surface area contributed by atoms with Gasteiger partial charge in [0.2, 0.25) is 0 Å². The molecule has 0 saturated carbocycles. The SMILES string of the molecule is CC(C)(C)C1CN(c2cc(Br)ccc2F)CCN1. The Hall–Kier alpha value is -0.610. The molecular formula is C14H20BrFN2. The van der Waals surface area contributed by atoms with Gasteiger partial charge in [-0.2, -0.15) is 0 Å². The number of nitrogens with one attached hydrogen (secondary N) is 1. The molecule has 2 rings (SSSR count). The van der Waals surface area contributed by atoms with Crippen molar-refractivity contribution < 1.29 is 4.39 Å². The number of halogens is 2. The van der Waals surface area contributed by atoms with E-state index in [9.17, 15) is 4.39 Å². The largest absolute Gasteiger partial charge is 0.366 e. The number of hydrogen-bond acceptors (Lipinski definition) is 2. The highest BCUT2D eigenvalue weighted by Crippen LogP contribution is 2.28. The molecule has 0 radical (unpaired) electrons. The third kappa shape index (κ3) is 3.04. The van der Waals surface area contributed by atoms with Crippen molar-refractivity contribution in [2.45, 2.75) is 26.8 Å². The normalized spacial score (nSPS) is 21.2. The number of benzene rings is 1. The lowest BCUT2D eigenvalue weighted by atomic mass is 9.85. The minimum atomic E-state index is -0.146. The van der Waals surface area contributed by atoms with Gasteiger partial charge in [-0.15, -0.1) is 0 Å². The van der Waals surface area contributed by atoms with Crippen LogP contribution in [0.15, 0.2) is 22.7 Å². The van der Waals surface area contributed by atoms with Gasteiger partial charge in [-0.25, -0.2) is 4.39 Å². The Morgan fingerprint density at radius 3 is 2.78 bits per heavy atom. The predicted molar refractivity (Wildman–Crippen MR) is 77.6 cm³/mol. The fraction of sp³-hybridized carbons (Fsp3) is 0.571. The summed E-state index contributed by atoms with van der Waals surface area (Å²) in [6.07, 6.45) is 0. The van der Waals surface area contributed by atoms with Gasteiger partial charge >= 0.3 is 0 Å². The van der Waals surface area contributed by atoms with Crippen molar-refractivity contribution in [1.29, 1.82) is 0 Å². The molecule has 0 amide bonds. The predicted octanol–water partition coefficient (Wildman–Crippen LogP) is 3.41. The van der Waals surface area contributed by atoms with E-state index in [1.807, 2.05) is 6.07 Å². The van der Waals surface area contributed by atoms with E-state index in [-0.39, 0.29) is 11.2 Å². The number of nitrogens with zero attached hydrogens (tertiary/aromatic N) is 1.